The molecule has 0 atom stereocenters. The Bertz CT molecular complexity index is 893. The molecule has 0 saturated heterocycles. The summed E-state index contributed by atoms with van der Waals surface area (Å²) in [6, 6.07) is 16.8. The zero-order valence-corrected chi connectivity index (χ0v) is 13.8. The Morgan fingerprint density at radius 3 is 2.62 bits per heavy atom. The number of carbonyl (C=O) groups is 1. The van der Waals surface area contributed by atoms with Crippen LogP contribution in [-0.4, -0.2) is 11.0 Å². The van der Waals surface area contributed by atoms with Gasteiger partial charge in [0.05, 0.1) is 6.20 Å². The molecule has 3 rings (SSSR count). The molecule has 1 heterocycles. The second-order valence-electron chi connectivity index (χ2n) is 5.43. The number of esters is 1. The summed E-state index contributed by atoms with van der Waals surface area (Å²) in [6.45, 7) is 0.138. The predicted octanol–water partition coefficient (Wildman–Crippen LogP) is 4.77. The molecule has 1 aromatic heterocycles. The Morgan fingerprint density at radius 1 is 1.04 bits per heavy atom. The molecule has 5 heteroatoms. The number of rotatable bonds is 6. The Kier molecular flexibility index (Phi) is 5.72. The zero-order chi connectivity index (χ0) is 18.2. The normalized spacial score (nSPS) is 10.7. The number of benzene rings is 2. The molecule has 4 nitrogen and oxygen atoms in total. The number of carbonyl (C=O) groups excluding carboxylic acids is 1. The highest BCUT2D eigenvalue weighted by molar-refractivity contribution is 5.87. The van der Waals surface area contributed by atoms with Gasteiger partial charge in [-0.3, -0.25) is 4.98 Å². The average molecular weight is 349 g/mol. The van der Waals surface area contributed by atoms with Gasteiger partial charge in [-0.05, 0) is 53.6 Å². The molecule has 0 aliphatic rings. The van der Waals surface area contributed by atoms with Crippen LogP contribution in [0.5, 0.6) is 11.5 Å². The largest absolute Gasteiger partial charge is 0.458 e. The molecule has 0 spiro atoms. The van der Waals surface area contributed by atoms with Crippen LogP contribution in [0.1, 0.15) is 11.1 Å². The summed E-state index contributed by atoms with van der Waals surface area (Å²) >= 11 is 0. The van der Waals surface area contributed by atoms with Crippen LogP contribution in [0.25, 0.3) is 6.08 Å². The number of halogens is 1. The van der Waals surface area contributed by atoms with E-state index >= 15 is 0 Å². The number of hydrogen-bond donors (Lipinski definition) is 0. The molecule has 0 unspecified atom stereocenters. The lowest BCUT2D eigenvalue weighted by Gasteiger charge is -2.06. The van der Waals surface area contributed by atoms with Crippen molar-refractivity contribution in [2.45, 2.75) is 6.61 Å². The minimum absolute atomic E-state index is 0.138. The summed E-state index contributed by atoms with van der Waals surface area (Å²) < 4.78 is 23.9. The third kappa shape index (κ3) is 5.27. The van der Waals surface area contributed by atoms with Gasteiger partial charge in [0.25, 0.3) is 0 Å². The van der Waals surface area contributed by atoms with E-state index in [-0.39, 0.29) is 12.4 Å². The van der Waals surface area contributed by atoms with E-state index < -0.39 is 5.97 Å². The Hall–Kier alpha value is -3.47. The van der Waals surface area contributed by atoms with E-state index in [9.17, 15) is 9.18 Å². The van der Waals surface area contributed by atoms with Crippen LogP contribution >= 0.6 is 0 Å². The van der Waals surface area contributed by atoms with Crippen molar-refractivity contribution in [1.29, 1.82) is 0 Å². The molecule has 130 valence electrons. The van der Waals surface area contributed by atoms with Gasteiger partial charge in [0.2, 0.25) is 0 Å². The standard InChI is InChI=1S/C21H16FNO3/c22-18-4-1-3-16(13-18)8-11-21(24)25-15-17-6-9-19(10-7-17)26-20-5-2-12-23-14-20/h1-14H,15H2/b11-8+. The molecule has 0 N–H and O–H groups in total. The smallest absolute Gasteiger partial charge is 0.331 e. The van der Waals surface area contributed by atoms with Crippen molar-refractivity contribution < 1.29 is 18.7 Å². The lowest BCUT2D eigenvalue weighted by Crippen LogP contribution is -2.00. The summed E-state index contributed by atoms with van der Waals surface area (Å²) in [5, 5.41) is 0. The summed E-state index contributed by atoms with van der Waals surface area (Å²) in [5.41, 5.74) is 1.43. The van der Waals surface area contributed by atoms with E-state index in [1.807, 2.05) is 18.2 Å². The van der Waals surface area contributed by atoms with Crippen molar-refractivity contribution >= 4 is 12.0 Å². The van der Waals surface area contributed by atoms with Crippen LogP contribution in [0.3, 0.4) is 0 Å². The Labute approximate surface area is 150 Å². The molecule has 2 aromatic carbocycles. The Balaban J connectivity index is 1.50. The first-order chi connectivity index (χ1) is 12.7. The van der Waals surface area contributed by atoms with Crippen LogP contribution in [0.4, 0.5) is 4.39 Å². The SMILES string of the molecule is O=C(/C=C/c1cccc(F)c1)OCc1ccc(Oc2cccnc2)cc1. The maximum Gasteiger partial charge on any atom is 0.331 e. The van der Waals surface area contributed by atoms with Crippen LogP contribution in [0.2, 0.25) is 0 Å². The first kappa shape index (κ1) is 17.4. The van der Waals surface area contributed by atoms with E-state index in [1.165, 1.54) is 24.3 Å². The van der Waals surface area contributed by atoms with Crippen LogP contribution < -0.4 is 4.74 Å². The van der Waals surface area contributed by atoms with Gasteiger partial charge in [-0.1, -0.05) is 24.3 Å². The van der Waals surface area contributed by atoms with Crippen LogP contribution in [-0.2, 0) is 16.1 Å². The molecular formula is C21H16FNO3. The van der Waals surface area contributed by atoms with Gasteiger partial charge in [0, 0.05) is 12.3 Å². The van der Waals surface area contributed by atoms with E-state index in [1.54, 1.807) is 42.7 Å². The predicted molar refractivity (Wildman–Crippen MR) is 96.0 cm³/mol. The molecule has 26 heavy (non-hydrogen) atoms. The number of nitrogens with zero attached hydrogens (tertiary/aromatic N) is 1. The number of pyridine rings is 1. The van der Waals surface area contributed by atoms with Gasteiger partial charge in [-0.15, -0.1) is 0 Å². The summed E-state index contributed by atoms with van der Waals surface area (Å²) in [5.74, 6) is 0.465. The molecular weight excluding hydrogens is 333 g/mol. The number of hydrogen-bond acceptors (Lipinski definition) is 4. The molecule has 0 aliphatic heterocycles. The highest BCUT2D eigenvalue weighted by Gasteiger charge is 2.01. The number of ether oxygens (including phenoxy) is 2. The Morgan fingerprint density at radius 2 is 1.88 bits per heavy atom. The van der Waals surface area contributed by atoms with Crippen molar-refractivity contribution in [3.63, 3.8) is 0 Å². The third-order valence-corrected chi connectivity index (χ3v) is 3.44. The van der Waals surface area contributed by atoms with Crippen molar-refractivity contribution in [1.82, 2.24) is 4.98 Å². The van der Waals surface area contributed by atoms with E-state index in [0.29, 0.717) is 17.1 Å². The monoisotopic (exact) mass is 349 g/mol. The fraction of sp³-hybridized carbons (Fsp3) is 0.0476. The van der Waals surface area contributed by atoms with Gasteiger partial charge in [-0.2, -0.15) is 0 Å². The van der Waals surface area contributed by atoms with Crippen molar-refractivity contribution in [2.24, 2.45) is 0 Å². The van der Waals surface area contributed by atoms with E-state index in [2.05, 4.69) is 4.98 Å². The molecule has 0 aliphatic carbocycles. The van der Waals surface area contributed by atoms with Crippen molar-refractivity contribution in [2.75, 3.05) is 0 Å². The fourth-order valence-corrected chi connectivity index (χ4v) is 2.17. The lowest BCUT2D eigenvalue weighted by atomic mass is 10.2. The first-order valence-electron chi connectivity index (χ1n) is 7.96. The average Bonchev–Trinajstić information content (AvgIpc) is 2.67. The van der Waals surface area contributed by atoms with E-state index in [4.69, 9.17) is 9.47 Å². The first-order valence-corrected chi connectivity index (χ1v) is 7.96. The second kappa shape index (κ2) is 8.58. The maximum atomic E-state index is 13.1. The van der Waals surface area contributed by atoms with Gasteiger partial charge < -0.3 is 9.47 Å². The van der Waals surface area contributed by atoms with Gasteiger partial charge >= 0.3 is 5.97 Å². The minimum Gasteiger partial charge on any atom is -0.458 e. The van der Waals surface area contributed by atoms with Crippen molar-refractivity contribution in [3.8, 4) is 11.5 Å². The summed E-state index contributed by atoms with van der Waals surface area (Å²) in [7, 11) is 0. The second-order valence-corrected chi connectivity index (χ2v) is 5.43. The van der Waals surface area contributed by atoms with Gasteiger partial charge in [0.1, 0.15) is 23.9 Å². The zero-order valence-electron chi connectivity index (χ0n) is 13.8. The van der Waals surface area contributed by atoms with Crippen molar-refractivity contribution in [3.05, 3.63) is 96.1 Å². The molecule has 0 radical (unpaired) electrons. The van der Waals surface area contributed by atoms with Gasteiger partial charge in [0.15, 0.2) is 0 Å². The topological polar surface area (TPSA) is 48.4 Å². The molecule has 0 saturated carbocycles. The van der Waals surface area contributed by atoms with Crippen LogP contribution in [0.15, 0.2) is 79.1 Å². The van der Waals surface area contributed by atoms with Crippen LogP contribution in [0, 0.1) is 5.82 Å². The quantitative estimate of drug-likeness (QED) is 0.475. The minimum atomic E-state index is -0.495. The highest BCUT2D eigenvalue weighted by Crippen LogP contribution is 2.20. The van der Waals surface area contributed by atoms with Gasteiger partial charge in [-0.25, -0.2) is 9.18 Å². The summed E-state index contributed by atoms with van der Waals surface area (Å²) in [6.07, 6.45) is 6.08. The van der Waals surface area contributed by atoms with E-state index in [0.717, 1.165) is 5.56 Å². The lowest BCUT2D eigenvalue weighted by molar-refractivity contribution is -0.138. The third-order valence-electron chi connectivity index (χ3n) is 3.44. The summed E-state index contributed by atoms with van der Waals surface area (Å²) in [4.78, 5) is 15.7. The molecule has 3 aromatic rings. The molecule has 0 fully saturated rings. The highest BCUT2D eigenvalue weighted by atomic mass is 19.1. The fourth-order valence-electron chi connectivity index (χ4n) is 2.17. The maximum absolute atomic E-state index is 13.1. The molecule has 0 bridgehead atoms. The molecule has 0 amide bonds. The number of aromatic nitrogens is 1.